The van der Waals surface area contributed by atoms with Crippen LogP contribution in [0.4, 0.5) is 0 Å². The largest absolute Gasteiger partial charge is 4.00 e. The molecule has 0 saturated heterocycles. The van der Waals surface area contributed by atoms with Gasteiger partial charge >= 0.3 is 55.7 Å². The molecule has 3 aliphatic rings. The Morgan fingerprint density at radius 2 is 0.500 bits per heavy atom. The van der Waals surface area contributed by atoms with Crippen molar-refractivity contribution in [1.82, 2.24) is 0 Å². The number of allylic oxidation sites excluding steroid dienone is 12. The molecule has 0 aliphatic heterocycles. The van der Waals surface area contributed by atoms with E-state index in [0.717, 1.165) is 71.6 Å². The molecule has 0 atom stereocenters. The van der Waals surface area contributed by atoms with E-state index in [4.69, 9.17) is 0 Å². The van der Waals surface area contributed by atoms with E-state index in [0.29, 0.717) is 0 Å². The Labute approximate surface area is 372 Å². The van der Waals surface area contributed by atoms with Crippen LogP contribution in [0.3, 0.4) is 0 Å². The fourth-order valence-corrected chi connectivity index (χ4v) is 1.92. The first kappa shape index (κ1) is 97.5. The van der Waals surface area contributed by atoms with Gasteiger partial charge in [-0.2, -0.15) is 70.6 Å². The molecule has 46 heavy (non-hydrogen) atoms. The first-order chi connectivity index (χ1) is 17.2. The third kappa shape index (κ3) is 148. The van der Waals surface area contributed by atoms with Crippen LogP contribution in [0.15, 0.2) is 54.7 Å². The van der Waals surface area contributed by atoms with Crippen molar-refractivity contribution in [3.05, 3.63) is 94.2 Å². The summed E-state index contributed by atoms with van der Waals surface area (Å²) in [4.78, 5) is 0. The minimum atomic E-state index is 0. The van der Waals surface area contributed by atoms with E-state index in [2.05, 4.69) is 57.7 Å². The van der Waals surface area contributed by atoms with Crippen LogP contribution in [0.25, 0.3) is 21.3 Å². The van der Waals surface area contributed by atoms with Crippen LogP contribution in [-0.4, -0.2) is 52.4 Å². The Bertz CT molecular complexity index is 420. The number of hydrogen-bond acceptors (Lipinski definition) is 0. The molecule has 273 valence electrons. The normalized spacial score (nSPS) is 9.39. The molecule has 0 spiro atoms. The van der Waals surface area contributed by atoms with Crippen LogP contribution in [-0.2, 0) is 55.7 Å². The van der Waals surface area contributed by atoms with E-state index in [1.807, 2.05) is 91.8 Å². The number of halogens is 8. The van der Waals surface area contributed by atoms with Gasteiger partial charge in [0.25, 0.3) is 0 Å². The van der Waals surface area contributed by atoms with Gasteiger partial charge in [-0.3, -0.25) is 18.2 Å². The van der Waals surface area contributed by atoms with Crippen LogP contribution >= 0.6 is 0 Å². The minimum Gasteiger partial charge on any atom is -1.00 e. The van der Waals surface area contributed by atoms with Gasteiger partial charge in [0.15, 0.2) is 0 Å². The molecule has 4 nitrogen and oxygen atoms in total. The minimum absolute atomic E-state index is 0. The van der Waals surface area contributed by atoms with Gasteiger partial charge in [-0.05, 0) is 0 Å². The second-order valence-corrected chi connectivity index (χ2v) is 6.43. The molecule has 0 saturated carbocycles. The zero-order chi connectivity index (χ0) is 27.1. The zero-order valence-corrected chi connectivity index (χ0v) is 38.9. The summed E-state index contributed by atoms with van der Waals surface area (Å²) in [5, 5.41) is 15.9. The van der Waals surface area contributed by atoms with Gasteiger partial charge < -0.3 is 121 Å². The number of nitrogens with zero attached hydrogens (tertiary/aromatic N) is 4. The average molecular weight is 920 g/mol. The molecule has 0 aromatic carbocycles. The SMILES string of the molecule is CC[N-]CC.CC[N-]CC.CC[N-]CC.CC[N-]CC.[C-]1=CC=CC1.[C-]1=CC=CC1.[C-]1=CC=CC1.[Cl-].[Cl-].[Cl-].[Cl-].[Cl-].[Cl-].[Cl-].[Cl-].[V+4].[V+4].[V+4]. The standard InChI is InChI=1S/3C5H5.4C4H10N.8ClH.3V/c3*1-2-4-5-3-1;4*1-3-5-4-2;;;;;;;;;;;/h3*1-3H,4H2;4*3-4H2,1-2H3;8*1H;;;/q7*-1;;;;;;;;;3*+4/p-8. The summed E-state index contributed by atoms with van der Waals surface area (Å²) in [5.41, 5.74) is 0. The zero-order valence-electron chi connectivity index (χ0n) is 28.6. The molecule has 0 heterocycles. The Morgan fingerprint density at radius 1 is 0.348 bits per heavy atom. The maximum Gasteiger partial charge on any atom is 4.00 e. The summed E-state index contributed by atoms with van der Waals surface area (Å²) in [6.07, 6.45) is 30.0. The Hall–Kier alpha value is 2.35. The van der Waals surface area contributed by atoms with Crippen LogP contribution in [0.1, 0.15) is 74.7 Å². The molecule has 0 aromatic heterocycles. The second-order valence-electron chi connectivity index (χ2n) is 6.43. The first-order valence-electron chi connectivity index (χ1n) is 13.3. The number of rotatable bonds is 8. The van der Waals surface area contributed by atoms with Gasteiger partial charge in [0, 0.05) is 0 Å². The van der Waals surface area contributed by atoms with Gasteiger partial charge in [-0.1, -0.05) is 55.4 Å². The predicted molar refractivity (Wildman–Crippen MR) is 162 cm³/mol. The smallest absolute Gasteiger partial charge is 1.00 e. The molecule has 0 amide bonds. The van der Waals surface area contributed by atoms with E-state index >= 15 is 0 Å². The van der Waals surface area contributed by atoms with Crippen molar-refractivity contribution in [2.24, 2.45) is 0 Å². The average Bonchev–Trinajstić information content (AvgIpc) is 3.69. The molecule has 3 aliphatic carbocycles. The Balaban J connectivity index is -0.0000000180. The van der Waals surface area contributed by atoms with Crippen molar-refractivity contribution < 1.29 is 155 Å². The molecular formula is C31H55Cl8N4V3-3. The van der Waals surface area contributed by atoms with Gasteiger partial charge in [-0.15, -0.1) is 19.3 Å². The Morgan fingerprint density at radius 3 is 0.522 bits per heavy atom. The quantitative estimate of drug-likeness (QED) is 0.218. The van der Waals surface area contributed by atoms with Crippen LogP contribution < -0.4 is 99.3 Å². The third-order valence-electron chi connectivity index (χ3n) is 3.55. The molecule has 0 aromatic rings. The van der Waals surface area contributed by atoms with Gasteiger partial charge in [-0.25, -0.2) is 36.5 Å². The summed E-state index contributed by atoms with van der Waals surface area (Å²) in [7, 11) is 0. The molecule has 3 rings (SSSR count). The van der Waals surface area contributed by atoms with Crippen LogP contribution in [0.2, 0.25) is 0 Å². The van der Waals surface area contributed by atoms with Crippen molar-refractivity contribution >= 4 is 0 Å². The number of hydrogen-bond donors (Lipinski definition) is 0. The van der Waals surface area contributed by atoms with Crippen molar-refractivity contribution in [3.63, 3.8) is 0 Å². The summed E-state index contributed by atoms with van der Waals surface area (Å²) < 4.78 is 0. The molecule has 0 N–H and O–H groups in total. The second kappa shape index (κ2) is 118. The van der Waals surface area contributed by atoms with Gasteiger partial charge in [0.05, 0.1) is 0 Å². The fraction of sp³-hybridized carbons (Fsp3) is 0.613. The van der Waals surface area contributed by atoms with Crippen molar-refractivity contribution in [3.8, 4) is 0 Å². The van der Waals surface area contributed by atoms with Crippen molar-refractivity contribution in [2.45, 2.75) is 74.7 Å². The topological polar surface area (TPSA) is 56.4 Å². The molecular weight excluding hydrogens is 865 g/mol. The van der Waals surface area contributed by atoms with Crippen molar-refractivity contribution in [1.29, 1.82) is 0 Å². The summed E-state index contributed by atoms with van der Waals surface area (Å²) in [6, 6.07) is 0. The molecule has 15 heteroatoms. The van der Waals surface area contributed by atoms with Gasteiger partial charge in [0.1, 0.15) is 0 Å². The first-order valence-corrected chi connectivity index (χ1v) is 13.3. The maximum absolute atomic E-state index is 3.97. The fourth-order valence-electron chi connectivity index (χ4n) is 1.92. The third-order valence-corrected chi connectivity index (χ3v) is 3.55. The monoisotopic (exact) mass is 916 g/mol. The van der Waals surface area contributed by atoms with E-state index < -0.39 is 0 Å². The maximum atomic E-state index is 3.97. The summed E-state index contributed by atoms with van der Waals surface area (Å²) in [6.45, 7) is 24.1. The molecule has 0 unspecified atom stereocenters. The van der Waals surface area contributed by atoms with E-state index in [-0.39, 0.29) is 155 Å². The molecule has 0 bridgehead atoms. The van der Waals surface area contributed by atoms with E-state index in [9.17, 15) is 0 Å². The van der Waals surface area contributed by atoms with Crippen LogP contribution in [0.5, 0.6) is 0 Å². The summed E-state index contributed by atoms with van der Waals surface area (Å²) in [5.74, 6) is 0. The van der Waals surface area contributed by atoms with Gasteiger partial charge in [0.2, 0.25) is 0 Å². The predicted octanol–water partition coefficient (Wildman–Crippen LogP) is -14.5. The summed E-state index contributed by atoms with van der Waals surface area (Å²) >= 11 is 0. The van der Waals surface area contributed by atoms with Crippen molar-refractivity contribution in [2.75, 3.05) is 52.4 Å². The Kier molecular flexibility index (Phi) is 250. The van der Waals surface area contributed by atoms with E-state index in [1.165, 1.54) is 0 Å². The van der Waals surface area contributed by atoms with E-state index in [1.54, 1.807) is 0 Å². The molecule has 0 fully saturated rings. The van der Waals surface area contributed by atoms with Crippen LogP contribution in [0, 0.1) is 18.2 Å². The molecule has 3 radical (unpaired) electrons.